The van der Waals surface area contributed by atoms with E-state index in [1.165, 1.54) is 24.9 Å². The van der Waals surface area contributed by atoms with Crippen molar-refractivity contribution < 1.29 is 13.9 Å². The lowest BCUT2D eigenvalue weighted by Gasteiger charge is -2.05. The number of amides is 1. The second-order valence-electron chi connectivity index (χ2n) is 4.96. The quantitative estimate of drug-likeness (QED) is 0.685. The van der Waals surface area contributed by atoms with Crippen molar-refractivity contribution in [1.82, 2.24) is 5.32 Å². The minimum Gasteiger partial charge on any atom is -0.494 e. The minimum atomic E-state index is -0.396. The highest BCUT2D eigenvalue weighted by atomic mass is 32.2. The maximum Gasteiger partial charge on any atom is 0.236 e. The van der Waals surface area contributed by atoms with Gasteiger partial charge in [0.25, 0.3) is 0 Å². The molecule has 1 fully saturated rings. The highest BCUT2D eigenvalue weighted by molar-refractivity contribution is 8.15. The van der Waals surface area contributed by atoms with Gasteiger partial charge in [0.05, 0.1) is 19.1 Å². The summed E-state index contributed by atoms with van der Waals surface area (Å²) in [5, 5.41) is 11.0. The monoisotopic (exact) mass is 343 g/mol. The maximum absolute atomic E-state index is 13.8. The molecule has 0 saturated carbocycles. The van der Waals surface area contributed by atoms with Crippen LogP contribution in [0.25, 0.3) is 11.1 Å². The van der Waals surface area contributed by atoms with Crippen molar-refractivity contribution >= 4 is 29.1 Å². The van der Waals surface area contributed by atoms with Crippen LogP contribution in [0.15, 0.2) is 52.7 Å². The summed E-state index contributed by atoms with van der Waals surface area (Å²) in [4.78, 5) is 11.0. The summed E-state index contributed by atoms with van der Waals surface area (Å²) in [6, 6.07) is 12.3. The SMILES string of the molecule is COc1ccc(-c2ccc(C=NN=C3NC(=O)CS3)cc2)cc1F. The molecule has 1 saturated heterocycles. The van der Waals surface area contributed by atoms with Crippen LogP contribution in [0, 0.1) is 5.82 Å². The number of methoxy groups -OCH3 is 1. The van der Waals surface area contributed by atoms with Crippen molar-refractivity contribution in [2.24, 2.45) is 10.2 Å². The first kappa shape index (κ1) is 16.2. The maximum atomic E-state index is 13.8. The molecule has 7 heteroatoms. The molecule has 2 aromatic carbocycles. The Labute approximate surface area is 142 Å². The van der Waals surface area contributed by atoms with Gasteiger partial charge in [-0.15, -0.1) is 5.10 Å². The van der Waals surface area contributed by atoms with Crippen molar-refractivity contribution in [3.8, 4) is 16.9 Å². The molecule has 0 unspecified atom stereocenters. The Morgan fingerprint density at radius 3 is 2.58 bits per heavy atom. The predicted molar refractivity (Wildman–Crippen MR) is 94.0 cm³/mol. The van der Waals surface area contributed by atoms with E-state index >= 15 is 0 Å². The molecule has 3 rings (SSSR count). The van der Waals surface area contributed by atoms with E-state index in [-0.39, 0.29) is 11.7 Å². The van der Waals surface area contributed by atoms with E-state index in [2.05, 4.69) is 15.5 Å². The molecule has 2 aromatic rings. The third kappa shape index (κ3) is 3.80. The van der Waals surface area contributed by atoms with Gasteiger partial charge >= 0.3 is 0 Å². The molecule has 0 radical (unpaired) electrons. The van der Waals surface area contributed by atoms with Crippen LogP contribution in [0.3, 0.4) is 0 Å². The topological polar surface area (TPSA) is 63.1 Å². The Hall–Kier alpha value is -2.67. The van der Waals surface area contributed by atoms with Crippen LogP contribution >= 0.6 is 11.8 Å². The van der Waals surface area contributed by atoms with Crippen LogP contribution in [0.4, 0.5) is 4.39 Å². The summed E-state index contributed by atoms with van der Waals surface area (Å²) < 4.78 is 18.7. The zero-order chi connectivity index (χ0) is 16.9. The van der Waals surface area contributed by atoms with E-state index in [4.69, 9.17) is 4.74 Å². The van der Waals surface area contributed by atoms with Crippen molar-refractivity contribution in [1.29, 1.82) is 0 Å². The smallest absolute Gasteiger partial charge is 0.236 e. The van der Waals surface area contributed by atoms with E-state index in [1.807, 2.05) is 24.3 Å². The predicted octanol–water partition coefficient (Wildman–Crippen LogP) is 3.05. The molecule has 24 heavy (non-hydrogen) atoms. The van der Waals surface area contributed by atoms with Crippen molar-refractivity contribution in [3.05, 3.63) is 53.8 Å². The number of nitrogens with one attached hydrogen (secondary N) is 1. The van der Waals surface area contributed by atoms with Crippen LogP contribution in [0.1, 0.15) is 5.56 Å². The number of amidine groups is 1. The summed E-state index contributed by atoms with van der Waals surface area (Å²) in [5.41, 5.74) is 2.51. The molecule has 1 N–H and O–H groups in total. The Bertz CT molecular complexity index is 819. The van der Waals surface area contributed by atoms with Gasteiger partial charge in [0.1, 0.15) is 0 Å². The Balaban J connectivity index is 1.71. The summed E-state index contributed by atoms with van der Waals surface area (Å²) in [7, 11) is 1.44. The van der Waals surface area contributed by atoms with Gasteiger partial charge in [-0.05, 0) is 28.8 Å². The van der Waals surface area contributed by atoms with Crippen LogP contribution in [-0.2, 0) is 4.79 Å². The van der Waals surface area contributed by atoms with E-state index in [1.54, 1.807) is 18.3 Å². The largest absolute Gasteiger partial charge is 0.494 e. The summed E-state index contributed by atoms with van der Waals surface area (Å²) in [5.74, 6) is 0.137. The Morgan fingerprint density at radius 2 is 1.96 bits per heavy atom. The summed E-state index contributed by atoms with van der Waals surface area (Å²) in [6.07, 6.45) is 1.59. The lowest BCUT2D eigenvalue weighted by Crippen LogP contribution is -2.19. The third-order valence-corrected chi connectivity index (χ3v) is 4.20. The van der Waals surface area contributed by atoms with Crippen LogP contribution in [-0.4, -0.2) is 30.2 Å². The lowest BCUT2D eigenvalue weighted by atomic mass is 10.0. The van der Waals surface area contributed by atoms with Crippen LogP contribution < -0.4 is 10.1 Å². The fourth-order valence-electron chi connectivity index (χ4n) is 2.13. The fraction of sp³-hybridized carbons (Fsp3) is 0.118. The number of hydrogen-bond acceptors (Lipinski definition) is 5. The second-order valence-corrected chi connectivity index (χ2v) is 5.92. The number of thioether (sulfide) groups is 1. The zero-order valence-electron chi connectivity index (χ0n) is 12.8. The molecule has 1 heterocycles. The average molecular weight is 343 g/mol. The molecule has 1 aliphatic rings. The fourth-order valence-corrected chi connectivity index (χ4v) is 2.77. The molecule has 1 amide bonds. The molecular weight excluding hydrogens is 329 g/mol. The molecule has 0 spiro atoms. The van der Waals surface area contributed by atoms with Crippen LogP contribution in [0.5, 0.6) is 5.75 Å². The van der Waals surface area contributed by atoms with Gasteiger partial charge in [-0.2, -0.15) is 5.10 Å². The van der Waals surface area contributed by atoms with Gasteiger partial charge < -0.3 is 10.1 Å². The molecule has 5 nitrogen and oxygen atoms in total. The first-order chi connectivity index (χ1) is 11.7. The number of rotatable bonds is 4. The normalized spacial score (nSPS) is 15.9. The van der Waals surface area contributed by atoms with E-state index in [0.29, 0.717) is 10.9 Å². The highest BCUT2D eigenvalue weighted by Crippen LogP contribution is 2.25. The van der Waals surface area contributed by atoms with Gasteiger partial charge in [-0.1, -0.05) is 42.1 Å². The third-order valence-electron chi connectivity index (χ3n) is 3.34. The zero-order valence-corrected chi connectivity index (χ0v) is 13.6. The average Bonchev–Trinajstić information content (AvgIpc) is 3.01. The Kier molecular flexibility index (Phi) is 4.90. The molecular formula is C17H14FN3O2S. The summed E-state index contributed by atoms with van der Waals surface area (Å²) in [6.45, 7) is 0. The van der Waals surface area contributed by atoms with Gasteiger partial charge in [0.15, 0.2) is 16.7 Å². The Morgan fingerprint density at radius 1 is 1.21 bits per heavy atom. The summed E-state index contributed by atoms with van der Waals surface area (Å²) >= 11 is 1.32. The van der Waals surface area contributed by atoms with Gasteiger partial charge in [-0.3, -0.25) is 4.79 Å². The van der Waals surface area contributed by atoms with E-state index in [9.17, 15) is 9.18 Å². The molecule has 122 valence electrons. The molecule has 1 aliphatic heterocycles. The number of benzene rings is 2. The van der Waals surface area contributed by atoms with Crippen molar-refractivity contribution in [3.63, 3.8) is 0 Å². The standard InChI is InChI=1S/C17H14FN3O2S/c1-23-15-7-6-13(8-14(15)18)12-4-2-11(3-5-12)9-19-21-17-20-16(22)10-24-17/h2-9H,10H2,1H3,(H,20,21,22). The molecule has 0 aliphatic carbocycles. The molecule has 0 bridgehead atoms. The van der Waals surface area contributed by atoms with E-state index < -0.39 is 5.82 Å². The van der Waals surface area contributed by atoms with Crippen LogP contribution in [0.2, 0.25) is 0 Å². The number of nitrogens with zero attached hydrogens (tertiary/aromatic N) is 2. The molecule has 0 aromatic heterocycles. The number of halogens is 1. The molecule has 0 atom stereocenters. The van der Waals surface area contributed by atoms with Gasteiger partial charge in [0, 0.05) is 0 Å². The second kappa shape index (κ2) is 7.27. The van der Waals surface area contributed by atoms with Crippen molar-refractivity contribution in [2.45, 2.75) is 0 Å². The van der Waals surface area contributed by atoms with Gasteiger partial charge in [-0.25, -0.2) is 4.39 Å². The number of carbonyl (C=O) groups is 1. The van der Waals surface area contributed by atoms with Crippen molar-refractivity contribution in [2.75, 3.05) is 12.9 Å². The minimum absolute atomic E-state index is 0.0648. The lowest BCUT2D eigenvalue weighted by molar-refractivity contribution is -0.116. The highest BCUT2D eigenvalue weighted by Gasteiger charge is 2.15. The van der Waals surface area contributed by atoms with E-state index in [0.717, 1.165) is 16.7 Å². The number of ether oxygens (including phenoxy) is 1. The number of hydrogen-bond donors (Lipinski definition) is 1. The first-order valence-electron chi connectivity index (χ1n) is 7.13. The van der Waals surface area contributed by atoms with Gasteiger partial charge in [0.2, 0.25) is 5.91 Å². The first-order valence-corrected chi connectivity index (χ1v) is 8.12. The number of carbonyl (C=O) groups excluding carboxylic acids is 1.